The normalized spacial score (nSPS) is 24.4. The Kier molecular flexibility index (Phi) is 8.17. The van der Waals surface area contributed by atoms with E-state index in [4.69, 9.17) is 4.74 Å². The lowest BCUT2D eigenvalue weighted by atomic mass is 9.99. The molecule has 0 saturated carbocycles. The monoisotopic (exact) mass is 324 g/mol. The molecule has 0 radical (unpaired) electrons. The first-order valence-corrected chi connectivity index (χ1v) is 9.39. The van der Waals surface area contributed by atoms with Crippen LogP contribution >= 0.6 is 0 Å². The quantitative estimate of drug-likeness (QED) is 0.442. The molecule has 0 aromatic carbocycles. The number of methoxy groups -OCH3 is 1. The van der Waals surface area contributed by atoms with Crippen LogP contribution in [0.25, 0.3) is 0 Å². The van der Waals surface area contributed by atoms with E-state index in [1.807, 2.05) is 7.05 Å². The molecule has 5 nitrogen and oxygen atoms in total. The first kappa shape index (κ1) is 18.5. The molecule has 0 aliphatic carbocycles. The van der Waals surface area contributed by atoms with Crippen LogP contribution in [-0.4, -0.2) is 75.8 Å². The fourth-order valence-electron chi connectivity index (χ4n) is 3.68. The van der Waals surface area contributed by atoms with Crippen LogP contribution in [0.1, 0.15) is 39.0 Å². The number of hydrogen-bond acceptors (Lipinski definition) is 3. The van der Waals surface area contributed by atoms with E-state index in [9.17, 15) is 0 Å². The van der Waals surface area contributed by atoms with Gasteiger partial charge in [0.05, 0.1) is 6.61 Å². The third-order valence-electron chi connectivity index (χ3n) is 5.26. The summed E-state index contributed by atoms with van der Waals surface area (Å²) in [5, 5.41) is 3.54. The van der Waals surface area contributed by atoms with Crippen molar-refractivity contribution in [3.8, 4) is 0 Å². The number of nitrogens with zero attached hydrogens (tertiary/aromatic N) is 3. The van der Waals surface area contributed by atoms with Crippen LogP contribution in [-0.2, 0) is 4.74 Å². The lowest BCUT2D eigenvalue weighted by Gasteiger charge is -2.30. The summed E-state index contributed by atoms with van der Waals surface area (Å²) < 4.78 is 5.27. The second kappa shape index (κ2) is 10.1. The Bertz CT molecular complexity index is 353. The number of hydrogen-bond donors (Lipinski definition) is 1. The fraction of sp³-hybridized carbons (Fsp3) is 0.944. The smallest absolute Gasteiger partial charge is 0.193 e. The van der Waals surface area contributed by atoms with Crippen molar-refractivity contribution in [2.75, 3.05) is 60.0 Å². The standard InChI is InChI=1S/C18H36N4O/c1-16-6-11-21(12-7-16)10-5-4-9-20-18(19-2)22-13-8-17(14-22)15-23-3/h16-17H,4-15H2,1-3H3,(H,19,20). The molecular weight excluding hydrogens is 288 g/mol. The maximum atomic E-state index is 5.27. The van der Waals surface area contributed by atoms with Crippen LogP contribution in [0.3, 0.4) is 0 Å². The van der Waals surface area contributed by atoms with Crippen molar-refractivity contribution in [2.45, 2.75) is 39.0 Å². The number of rotatable bonds is 7. The van der Waals surface area contributed by atoms with Crippen molar-refractivity contribution in [1.29, 1.82) is 0 Å². The van der Waals surface area contributed by atoms with Gasteiger partial charge in [0.15, 0.2) is 5.96 Å². The molecule has 0 amide bonds. The van der Waals surface area contributed by atoms with Crippen LogP contribution in [0, 0.1) is 11.8 Å². The summed E-state index contributed by atoms with van der Waals surface area (Å²) in [7, 11) is 3.68. The summed E-state index contributed by atoms with van der Waals surface area (Å²) in [4.78, 5) is 9.44. The van der Waals surface area contributed by atoms with Gasteiger partial charge in [0.25, 0.3) is 0 Å². The van der Waals surface area contributed by atoms with E-state index in [0.29, 0.717) is 5.92 Å². The Balaban J connectivity index is 1.56. The van der Waals surface area contributed by atoms with Gasteiger partial charge in [0.1, 0.15) is 0 Å². The summed E-state index contributed by atoms with van der Waals surface area (Å²) >= 11 is 0. The molecule has 134 valence electrons. The number of unbranched alkanes of at least 4 members (excludes halogenated alkanes) is 1. The number of ether oxygens (including phenoxy) is 1. The second-order valence-electron chi connectivity index (χ2n) is 7.26. The summed E-state index contributed by atoms with van der Waals surface area (Å²) in [6.07, 6.45) is 6.47. The van der Waals surface area contributed by atoms with Crippen molar-refractivity contribution in [2.24, 2.45) is 16.8 Å². The average Bonchev–Trinajstić information content (AvgIpc) is 3.01. The zero-order valence-electron chi connectivity index (χ0n) is 15.4. The first-order valence-electron chi connectivity index (χ1n) is 9.39. The molecule has 0 aromatic heterocycles. The van der Waals surface area contributed by atoms with Crippen molar-refractivity contribution >= 4 is 5.96 Å². The van der Waals surface area contributed by atoms with E-state index in [1.54, 1.807) is 7.11 Å². The molecule has 0 bridgehead atoms. The summed E-state index contributed by atoms with van der Waals surface area (Å²) in [5.74, 6) is 2.65. The number of nitrogens with one attached hydrogen (secondary N) is 1. The highest BCUT2D eigenvalue weighted by molar-refractivity contribution is 5.80. The van der Waals surface area contributed by atoms with Gasteiger partial charge in [-0.2, -0.15) is 0 Å². The zero-order chi connectivity index (χ0) is 16.5. The van der Waals surface area contributed by atoms with Gasteiger partial charge in [0, 0.05) is 39.7 Å². The summed E-state index contributed by atoms with van der Waals surface area (Å²) in [5.41, 5.74) is 0. The van der Waals surface area contributed by atoms with Crippen LogP contribution in [0.5, 0.6) is 0 Å². The molecule has 0 aromatic rings. The van der Waals surface area contributed by atoms with Gasteiger partial charge in [-0.3, -0.25) is 4.99 Å². The van der Waals surface area contributed by atoms with Crippen molar-refractivity contribution in [1.82, 2.24) is 15.1 Å². The van der Waals surface area contributed by atoms with Crippen molar-refractivity contribution < 1.29 is 4.74 Å². The van der Waals surface area contributed by atoms with Crippen molar-refractivity contribution in [3.63, 3.8) is 0 Å². The first-order chi connectivity index (χ1) is 11.2. The second-order valence-corrected chi connectivity index (χ2v) is 7.26. The minimum absolute atomic E-state index is 0.653. The average molecular weight is 325 g/mol. The Morgan fingerprint density at radius 3 is 2.65 bits per heavy atom. The van der Waals surface area contributed by atoms with E-state index >= 15 is 0 Å². The molecular formula is C18H36N4O. The zero-order valence-corrected chi connectivity index (χ0v) is 15.4. The van der Waals surface area contributed by atoms with E-state index in [0.717, 1.165) is 38.1 Å². The predicted octanol–water partition coefficient (Wildman–Crippen LogP) is 2.04. The molecule has 2 saturated heterocycles. The summed E-state index contributed by atoms with van der Waals surface area (Å²) in [6.45, 7) is 10.3. The van der Waals surface area contributed by atoms with Crippen LogP contribution in [0.15, 0.2) is 4.99 Å². The Morgan fingerprint density at radius 1 is 1.17 bits per heavy atom. The molecule has 1 atom stereocenters. The van der Waals surface area contributed by atoms with E-state index in [1.165, 1.54) is 51.7 Å². The maximum absolute atomic E-state index is 5.27. The van der Waals surface area contributed by atoms with Gasteiger partial charge in [0.2, 0.25) is 0 Å². The molecule has 5 heteroatoms. The number of aliphatic imine (C=N–C) groups is 1. The molecule has 1 N–H and O–H groups in total. The maximum Gasteiger partial charge on any atom is 0.193 e. The molecule has 2 rings (SSSR count). The van der Waals surface area contributed by atoms with Gasteiger partial charge >= 0.3 is 0 Å². The topological polar surface area (TPSA) is 40.1 Å². The number of likely N-dealkylation sites (tertiary alicyclic amines) is 2. The van der Waals surface area contributed by atoms with Gasteiger partial charge in [-0.05, 0) is 57.7 Å². The van der Waals surface area contributed by atoms with Gasteiger partial charge in [-0.1, -0.05) is 6.92 Å². The van der Waals surface area contributed by atoms with Crippen molar-refractivity contribution in [3.05, 3.63) is 0 Å². The fourth-order valence-corrected chi connectivity index (χ4v) is 3.68. The van der Waals surface area contributed by atoms with Gasteiger partial charge in [-0.25, -0.2) is 0 Å². The summed E-state index contributed by atoms with van der Waals surface area (Å²) in [6, 6.07) is 0. The largest absolute Gasteiger partial charge is 0.384 e. The highest BCUT2D eigenvalue weighted by Gasteiger charge is 2.24. The van der Waals surface area contributed by atoms with Crippen LogP contribution in [0.2, 0.25) is 0 Å². The third-order valence-corrected chi connectivity index (χ3v) is 5.26. The molecule has 2 aliphatic heterocycles. The number of piperidine rings is 1. The molecule has 2 aliphatic rings. The molecule has 1 unspecified atom stereocenters. The highest BCUT2D eigenvalue weighted by Crippen LogP contribution is 2.17. The lowest BCUT2D eigenvalue weighted by molar-refractivity contribution is 0.157. The molecule has 2 heterocycles. The Labute approximate surface area is 142 Å². The Morgan fingerprint density at radius 2 is 1.96 bits per heavy atom. The Hall–Kier alpha value is -0.810. The SMILES string of the molecule is CN=C(NCCCCN1CCC(C)CC1)N1CCC(COC)C1. The van der Waals surface area contributed by atoms with Gasteiger partial charge < -0.3 is 19.9 Å². The predicted molar refractivity (Wildman–Crippen MR) is 97.0 cm³/mol. The lowest BCUT2D eigenvalue weighted by Crippen LogP contribution is -2.40. The van der Waals surface area contributed by atoms with E-state index in [2.05, 4.69) is 27.0 Å². The van der Waals surface area contributed by atoms with E-state index < -0.39 is 0 Å². The highest BCUT2D eigenvalue weighted by atomic mass is 16.5. The third kappa shape index (κ3) is 6.30. The van der Waals surface area contributed by atoms with Crippen LogP contribution in [0.4, 0.5) is 0 Å². The van der Waals surface area contributed by atoms with Gasteiger partial charge in [-0.15, -0.1) is 0 Å². The minimum Gasteiger partial charge on any atom is -0.384 e. The molecule has 0 spiro atoms. The number of guanidine groups is 1. The minimum atomic E-state index is 0.653. The molecule has 23 heavy (non-hydrogen) atoms. The molecule has 2 fully saturated rings. The van der Waals surface area contributed by atoms with E-state index in [-0.39, 0.29) is 0 Å². The van der Waals surface area contributed by atoms with Crippen LogP contribution < -0.4 is 5.32 Å².